The van der Waals surface area contributed by atoms with E-state index in [2.05, 4.69) is 15.3 Å². The normalized spacial score (nSPS) is 10.7. The second-order valence-electron chi connectivity index (χ2n) is 4.27. The molecule has 3 rings (SSSR count). The van der Waals surface area contributed by atoms with Crippen molar-refractivity contribution in [2.24, 2.45) is 0 Å². The lowest BCUT2D eigenvalue weighted by molar-refractivity contribution is 0.0954. The number of nitrogens with zero attached hydrogens (tertiary/aromatic N) is 1. The maximum absolute atomic E-state index is 12.0. The van der Waals surface area contributed by atoms with Crippen LogP contribution >= 0.6 is 11.3 Å². The molecular weight excluding hydrogens is 258 g/mol. The summed E-state index contributed by atoms with van der Waals surface area (Å²) in [5.41, 5.74) is 4.47. The molecule has 1 amide bonds. The Labute approximate surface area is 114 Å². The van der Waals surface area contributed by atoms with E-state index < -0.39 is 0 Å². The molecular formula is C14H13N3OS. The van der Waals surface area contributed by atoms with Crippen LogP contribution in [0.2, 0.25) is 0 Å². The first kappa shape index (κ1) is 11.9. The Morgan fingerprint density at radius 2 is 2.32 bits per heavy atom. The standard InChI is InChI=1S/C14H13N3OS/c18-14(16-6-4-12-8-19-9-17-12)11-2-1-10-3-5-15-13(10)7-11/h1-3,5,7-9,15H,4,6H2,(H,16,18). The smallest absolute Gasteiger partial charge is 0.251 e. The lowest BCUT2D eigenvalue weighted by Crippen LogP contribution is -2.25. The molecule has 19 heavy (non-hydrogen) atoms. The van der Waals surface area contributed by atoms with E-state index in [-0.39, 0.29) is 5.91 Å². The van der Waals surface area contributed by atoms with Gasteiger partial charge in [-0.1, -0.05) is 6.07 Å². The summed E-state index contributed by atoms with van der Waals surface area (Å²) >= 11 is 1.57. The number of H-pyrrole nitrogens is 1. The minimum absolute atomic E-state index is 0.0493. The molecule has 0 saturated carbocycles. The topological polar surface area (TPSA) is 57.8 Å². The van der Waals surface area contributed by atoms with Crippen molar-refractivity contribution < 1.29 is 4.79 Å². The lowest BCUT2D eigenvalue weighted by atomic mass is 10.1. The number of aromatic nitrogens is 2. The van der Waals surface area contributed by atoms with Crippen molar-refractivity contribution >= 4 is 28.1 Å². The third-order valence-corrected chi connectivity index (χ3v) is 3.60. The molecule has 1 aromatic carbocycles. The van der Waals surface area contributed by atoms with Crippen LogP contribution in [0.1, 0.15) is 16.1 Å². The largest absolute Gasteiger partial charge is 0.361 e. The summed E-state index contributed by atoms with van der Waals surface area (Å²) in [6, 6.07) is 7.64. The maximum Gasteiger partial charge on any atom is 0.251 e. The molecule has 0 spiro atoms. The molecule has 0 fully saturated rings. The Morgan fingerprint density at radius 1 is 1.37 bits per heavy atom. The van der Waals surface area contributed by atoms with E-state index >= 15 is 0 Å². The Kier molecular flexibility index (Phi) is 3.29. The summed E-state index contributed by atoms with van der Waals surface area (Å²) in [5.74, 6) is -0.0493. The molecule has 0 unspecified atom stereocenters. The highest BCUT2D eigenvalue weighted by molar-refractivity contribution is 7.07. The van der Waals surface area contributed by atoms with Crippen molar-refractivity contribution in [2.45, 2.75) is 6.42 Å². The number of hydrogen-bond donors (Lipinski definition) is 2. The lowest BCUT2D eigenvalue weighted by Gasteiger charge is -2.04. The van der Waals surface area contributed by atoms with E-state index in [9.17, 15) is 4.79 Å². The average molecular weight is 271 g/mol. The van der Waals surface area contributed by atoms with Crippen LogP contribution in [0.5, 0.6) is 0 Å². The van der Waals surface area contributed by atoms with Crippen molar-refractivity contribution in [3.8, 4) is 0 Å². The number of carbonyl (C=O) groups is 1. The highest BCUT2D eigenvalue weighted by atomic mass is 32.1. The average Bonchev–Trinajstić information content (AvgIpc) is 3.08. The molecule has 3 aromatic rings. The van der Waals surface area contributed by atoms with Gasteiger partial charge in [-0.25, -0.2) is 4.98 Å². The number of nitrogens with one attached hydrogen (secondary N) is 2. The second kappa shape index (κ2) is 5.24. The van der Waals surface area contributed by atoms with Crippen LogP contribution in [0.25, 0.3) is 10.9 Å². The van der Waals surface area contributed by atoms with Crippen LogP contribution in [0.4, 0.5) is 0 Å². The van der Waals surface area contributed by atoms with Crippen LogP contribution in [0.3, 0.4) is 0 Å². The number of benzene rings is 1. The summed E-state index contributed by atoms with van der Waals surface area (Å²) in [6.45, 7) is 0.603. The first-order valence-corrected chi connectivity index (χ1v) is 6.99. The minimum atomic E-state index is -0.0493. The van der Waals surface area contributed by atoms with Gasteiger partial charge in [-0.15, -0.1) is 11.3 Å². The zero-order valence-corrected chi connectivity index (χ0v) is 11.0. The predicted octanol–water partition coefficient (Wildman–Crippen LogP) is 2.60. The highest BCUT2D eigenvalue weighted by Gasteiger charge is 2.06. The van der Waals surface area contributed by atoms with Crippen LogP contribution < -0.4 is 5.32 Å². The molecule has 0 radical (unpaired) electrons. The zero-order chi connectivity index (χ0) is 13.1. The number of aromatic amines is 1. The summed E-state index contributed by atoms with van der Waals surface area (Å²) in [4.78, 5) is 19.3. The Morgan fingerprint density at radius 3 is 3.16 bits per heavy atom. The van der Waals surface area contributed by atoms with E-state index in [1.54, 1.807) is 16.8 Å². The summed E-state index contributed by atoms with van der Waals surface area (Å²) < 4.78 is 0. The van der Waals surface area contributed by atoms with Gasteiger partial charge in [-0.3, -0.25) is 4.79 Å². The summed E-state index contributed by atoms with van der Waals surface area (Å²) in [7, 11) is 0. The van der Waals surface area contributed by atoms with E-state index in [1.165, 1.54) is 0 Å². The predicted molar refractivity (Wildman–Crippen MR) is 76.4 cm³/mol. The second-order valence-corrected chi connectivity index (χ2v) is 4.98. The number of hydrogen-bond acceptors (Lipinski definition) is 3. The Balaban J connectivity index is 1.63. The van der Waals surface area contributed by atoms with Crippen molar-refractivity contribution in [3.63, 3.8) is 0 Å². The molecule has 2 heterocycles. The maximum atomic E-state index is 12.0. The van der Waals surface area contributed by atoms with Gasteiger partial charge in [0.25, 0.3) is 5.91 Å². The van der Waals surface area contributed by atoms with Gasteiger partial charge in [-0.2, -0.15) is 0 Å². The van der Waals surface area contributed by atoms with Crippen molar-refractivity contribution in [3.05, 3.63) is 52.6 Å². The molecule has 0 aliphatic rings. The molecule has 0 aliphatic heterocycles. The first-order valence-electron chi connectivity index (χ1n) is 6.05. The van der Waals surface area contributed by atoms with Gasteiger partial charge in [0, 0.05) is 35.6 Å². The van der Waals surface area contributed by atoms with Gasteiger partial charge in [0.1, 0.15) is 0 Å². The van der Waals surface area contributed by atoms with E-state index in [0.717, 1.165) is 23.0 Å². The van der Waals surface area contributed by atoms with Crippen molar-refractivity contribution in [1.29, 1.82) is 0 Å². The quantitative estimate of drug-likeness (QED) is 0.766. The first-order chi connectivity index (χ1) is 9.33. The Hall–Kier alpha value is -2.14. The number of amides is 1. The molecule has 0 bridgehead atoms. The fraction of sp³-hybridized carbons (Fsp3) is 0.143. The molecule has 4 nitrogen and oxygen atoms in total. The molecule has 5 heteroatoms. The zero-order valence-electron chi connectivity index (χ0n) is 10.2. The summed E-state index contributed by atoms with van der Waals surface area (Å²) in [5, 5.41) is 6.01. The van der Waals surface area contributed by atoms with Crippen molar-refractivity contribution in [1.82, 2.24) is 15.3 Å². The Bertz CT molecular complexity index is 688. The van der Waals surface area contributed by atoms with Gasteiger partial charge >= 0.3 is 0 Å². The summed E-state index contributed by atoms with van der Waals surface area (Å²) in [6.07, 6.45) is 2.63. The number of fused-ring (bicyclic) bond motifs is 1. The van der Waals surface area contributed by atoms with Crippen LogP contribution in [-0.4, -0.2) is 22.4 Å². The minimum Gasteiger partial charge on any atom is -0.361 e. The molecule has 96 valence electrons. The fourth-order valence-electron chi connectivity index (χ4n) is 1.96. The van der Waals surface area contributed by atoms with Gasteiger partial charge in [0.05, 0.1) is 11.2 Å². The molecule has 2 aromatic heterocycles. The number of carbonyl (C=O) groups excluding carboxylic acids is 1. The van der Waals surface area contributed by atoms with E-state index in [1.807, 2.05) is 35.8 Å². The van der Waals surface area contributed by atoms with Gasteiger partial charge in [0.2, 0.25) is 0 Å². The molecule has 0 saturated heterocycles. The molecule has 0 aliphatic carbocycles. The van der Waals surface area contributed by atoms with Gasteiger partial charge in [-0.05, 0) is 23.6 Å². The van der Waals surface area contributed by atoms with Crippen LogP contribution in [-0.2, 0) is 6.42 Å². The van der Waals surface area contributed by atoms with Gasteiger partial charge in [0.15, 0.2) is 0 Å². The van der Waals surface area contributed by atoms with Gasteiger partial charge < -0.3 is 10.3 Å². The number of thiazole rings is 1. The fourth-order valence-corrected chi connectivity index (χ4v) is 2.55. The third-order valence-electron chi connectivity index (χ3n) is 2.97. The highest BCUT2D eigenvalue weighted by Crippen LogP contribution is 2.14. The van der Waals surface area contributed by atoms with Crippen LogP contribution in [0, 0.1) is 0 Å². The molecule has 2 N–H and O–H groups in total. The third kappa shape index (κ3) is 2.66. The monoisotopic (exact) mass is 271 g/mol. The number of rotatable bonds is 4. The van der Waals surface area contributed by atoms with E-state index in [0.29, 0.717) is 12.1 Å². The molecule has 0 atom stereocenters. The van der Waals surface area contributed by atoms with Crippen molar-refractivity contribution in [2.75, 3.05) is 6.54 Å². The van der Waals surface area contributed by atoms with Crippen LogP contribution in [0.15, 0.2) is 41.4 Å². The SMILES string of the molecule is O=C(NCCc1cscn1)c1ccc2cc[nH]c2c1. The van der Waals surface area contributed by atoms with E-state index in [4.69, 9.17) is 0 Å².